The molecule has 116 valence electrons. The van der Waals surface area contributed by atoms with Gasteiger partial charge in [-0.25, -0.2) is 10.4 Å². The summed E-state index contributed by atoms with van der Waals surface area (Å²) in [6.07, 6.45) is 1.41. The fourth-order valence-corrected chi connectivity index (χ4v) is 3.70. The van der Waals surface area contributed by atoms with E-state index in [0.717, 1.165) is 14.6 Å². The number of hydrogen-bond acceptors (Lipinski definition) is 6. The van der Waals surface area contributed by atoms with Crippen LogP contribution >= 0.6 is 23.1 Å². The molecule has 0 saturated carbocycles. The predicted octanol–water partition coefficient (Wildman–Crippen LogP) is 3.24. The van der Waals surface area contributed by atoms with E-state index >= 15 is 0 Å². The summed E-state index contributed by atoms with van der Waals surface area (Å²) >= 11 is 2.94. The van der Waals surface area contributed by atoms with Crippen LogP contribution in [0, 0.1) is 0 Å². The zero-order valence-electron chi connectivity index (χ0n) is 12.0. The molecule has 0 spiro atoms. The minimum atomic E-state index is -0.221. The van der Waals surface area contributed by atoms with Crippen LogP contribution in [0.4, 0.5) is 0 Å². The van der Waals surface area contributed by atoms with Crippen molar-refractivity contribution in [3.05, 3.63) is 54.1 Å². The van der Waals surface area contributed by atoms with Gasteiger partial charge in [0.1, 0.15) is 5.75 Å². The van der Waals surface area contributed by atoms with Gasteiger partial charge in [0.15, 0.2) is 4.34 Å². The first kappa shape index (κ1) is 15.5. The predicted molar refractivity (Wildman–Crippen MR) is 94.2 cm³/mol. The van der Waals surface area contributed by atoms with Gasteiger partial charge in [-0.2, -0.15) is 5.10 Å². The number of amides is 1. The van der Waals surface area contributed by atoms with Crippen LogP contribution in [0.2, 0.25) is 0 Å². The molecule has 1 aromatic heterocycles. The molecule has 7 heteroatoms. The highest BCUT2D eigenvalue weighted by Gasteiger charge is 2.07. The Morgan fingerprint density at radius 3 is 2.87 bits per heavy atom. The molecule has 3 rings (SSSR count). The summed E-state index contributed by atoms with van der Waals surface area (Å²) in [6, 6.07) is 14.6. The van der Waals surface area contributed by atoms with Gasteiger partial charge in [0.2, 0.25) is 0 Å². The molecule has 0 radical (unpaired) electrons. The van der Waals surface area contributed by atoms with E-state index in [1.165, 1.54) is 18.0 Å². The average Bonchev–Trinajstić information content (AvgIpc) is 2.98. The maximum atomic E-state index is 11.8. The van der Waals surface area contributed by atoms with Crippen molar-refractivity contribution < 1.29 is 9.90 Å². The fourth-order valence-electron chi connectivity index (χ4n) is 1.84. The Morgan fingerprint density at radius 2 is 2.04 bits per heavy atom. The zero-order chi connectivity index (χ0) is 16.1. The number of carbonyl (C=O) groups is 1. The van der Waals surface area contributed by atoms with Crippen LogP contribution in [-0.2, 0) is 4.79 Å². The van der Waals surface area contributed by atoms with Crippen LogP contribution in [0.3, 0.4) is 0 Å². The van der Waals surface area contributed by atoms with Gasteiger partial charge in [0, 0.05) is 5.56 Å². The topological polar surface area (TPSA) is 74.6 Å². The molecule has 2 N–H and O–H groups in total. The molecular weight excluding hydrogens is 330 g/mol. The molecule has 0 aliphatic rings. The van der Waals surface area contributed by atoms with Crippen molar-refractivity contribution in [2.75, 3.05) is 5.75 Å². The monoisotopic (exact) mass is 343 g/mol. The number of carbonyl (C=O) groups excluding carboxylic acids is 1. The van der Waals surface area contributed by atoms with Crippen LogP contribution in [0.25, 0.3) is 10.2 Å². The Hall–Kier alpha value is -2.38. The number of phenolic OH excluding ortho intramolecular Hbond substituents is 1. The van der Waals surface area contributed by atoms with Gasteiger partial charge >= 0.3 is 0 Å². The number of fused-ring (bicyclic) bond motifs is 1. The van der Waals surface area contributed by atoms with Gasteiger partial charge in [0.25, 0.3) is 5.91 Å². The van der Waals surface area contributed by atoms with Gasteiger partial charge in [-0.15, -0.1) is 11.3 Å². The number of aromatic hydroxyl groups is 1. The van der Waals surface area contributed by atoms with Gasteiger partial charge in [-0.05, 0) is 24.3 Å². The van der Waals surface area contributed by atoms with Gasteiger partial charge < -0.3 is 5.11 Å². The number of aromatic nitrogens is 1. The summed E-state index contributed by atoms with van der Waals surface area (Å²) in [5.74, 6) is 0.132. The number of thioether (sulfide) groups is 1. The van der Waals surface area contributed by atoms with Crippen LogP contribution in [0.15, 0.2) is 58.0 Å². The summed E-state index contributed by atoms with van der Waals surface area (Å²) in [4.78, 5) is 16.2. The first-order valence-electron chi connectivity index (χ1n) is 6.80. The van der Waals surface area contributed by atoms with E-state index in [2.05, 4.69) is 15.5 Å². The van der Waals surface area contributed by atoms with Crippen LogP contribution in [0.5, 0.6) is 5.75 Å². The Morgan fingerprint density at radius 1 is 1.26 bits per heavy atom. The largest absolute Gasteiger partial charge is 0.507 e. The second-order valence-electron chi connectivity index (χ2n) is 4.59. The fraction of sp³-hybridized carbons (Fsp3) is 0.0625. The lowest BCUT2D eigenvalue weighted by Gasteiger charge is -1.99. The molecule has 0 bridgehead atoms. The zero-order valence-corrected chi connectivity index (χ0v) is 13.6. The number of nitrogens with one attached hydrogen (secondary N) is 1. The van der Waals surface area contributed by atoms with Gasteiger partial charge in [-0.3, -0.25) is 4.79 Å². The van der Waals surface area contributed by atoms with Crippen molar-refractivity contribution >= 4 is 45.4 Å². The number of nitrogens with zero attached hydrogens (tertiary/aromatic N) is 2. The van der Waals surface area contributed by atoms with Crippen LogP contribution in [0.1, 0.15) is 5.56 Å². The number of benzene rings is 2. The lowest BCUT2D eigenvalue weighted by molar-refractivity contribution is -0.118. The average molecular weight is 343 g/mol. The lowest BCUT2D eigenvalue weighted by atomic mass is 10.2. The molecule has 1 heterocycles. The summed E-state index contributed by atoms with van der Waals surface area (Å²) in [7, 11) is 0. The Labute approximate surface area is 141 Å². The van der Waals surface area contributed by atoms with Crippen molar-refractivity contribution in [1.29, 1.82) is 0 Å². The number of thiazole rings is 1. The van der Waals surface area contributed by atoms with Gasteiger partial charge in [0.05, 0.1) is 22.2 Å². The standard InChI is InChI=1S/C16H13N3O2S2/c20-13-7-3-1-5-11(13)9-17-19-15(21)10-22-16-18-12-6-2-4-8-14(12)23-16/h1-9,20H,10H2,(H,19,21)/b17-9-. The minimum absolute atomic E-state index is 0.120. The number of hydrazone groups is 1. The van der Waals surface area contributed by atoms with Crippen molar-refractivity contribution in [3.63, 3.8) is 0 Å². The van der Waals surface area contributed by atoms with E-state index in [1.54, 1.807) is 35.6 Å². The Bertz CT molecular complexity index is 828. The second-order valence-corrected chi connectivity index (χ2v) is 6.84. The highest BCUT2D eigenvalue weighted by atomic mass is 32.2. The van der Waals surface area contributed by atoms with Crippen molar-refractivity contribution in [1.82, 2.24) is 10.4 Å². The third-order valence-corrected chi connectivity index (χ3v) is 5.11. The molecule has 0 aliphatic heterocycles. The summed E-state index contributed by atoms with van der Waals surface area (Å²) < 4.78 is 1.96. The molecule has 5 nitrogen and oxygen atoms in total. The molecule has 3 aromatic rings. The number of rotatable bonds is 5. The maximum Gasteiger partial charge on any atom is 0.250 e. The van der Waals surface area contributed by atoms with E-state index in [-0.39, 0.29) is 17.4 Å². The molecule has 0 unspecified atom stereocenters. The third kappa shape index (κ3) is 4.08. The van der Waals surface area contributed by atoms with E-state index in [9.17, 15) is 9.90 Å². The molecule has 0 fully saturated rings. The number of para-hydroxylation sites is 2. The van der Waals surface area contributed by atoms with E-state index in [4.69, 9.17) is 0 Å². The normalized spacial score (nSPS) is 11.1. The minimum Gasteiger partial charge on any atom is -0.507 e. The maximum absolute atomic E-state index is 11.8. The molecule has 1 amide bonds. The quantitative estimate of drug-likeness (QED) is 0.424. The Balaban J connectivity index is 1.52. The highest BCUT2D eigenvalue weighted by Crippen LogP contribution is 2.28. The molecule has 0 aliphatic carbocycles. The second kappa shape index (κ2) is 7.26. The number of phenols is 1. The molecular formula is C16H13N3O2S2. The first-order chi connectivity index (χ1) is 11.2. The summed E-state index contributed by atoms with van der Waals surface area (Å²) in [5.41, 5.74) is 3.93. The van der Waals surface area contributed by atoms with Crippen molar-refractivity contribution in [3.8, 4) is 5.75 Å². The molecule has 23 heavy (non-hydrogen) atoms. The van der Waals surface area contributed by atoms with E-state index in [1.807, 2.05) is 24.3 Å². The summed E-state index contributed by atoms with van der Waals surface area (Å²) in [6.45, 7) is 0. The third-order valence-electron chi connectivity index (χ3n) is 2.93. The van der Waals surface area contributed by atoms with Crippen molar-refractivity contribution in [2.24, 2.45) is 5.10 Å². The van der Waals surface area contributed by atoms with Crippen LogP contribution < -0.4 is 5.43 Å². The molecule has 2 aromatic carbocycles. The van der Waals surface area contributed by atoms with Crippen LogP contribution in [-0.4, -0.2) is 28.0 Å². The highest BCUT2D eigenvalue weighted by molar-refractivity contribution is 8.01. The summed E-state index contributed by atoms with van der Waals surface area (Å²) in [5, 5.41) is 13.4. The van der Waals surface area contributed by atoms with E-state index < -0.39 is 0 Å². The SMILES string of the molecule is O=C(CSc1nc2ccccc2s1)N/N=C\c1ccccc1O. The number of hydrogen-bond donors (Lipinski definition) is 2. The smallest absolute Gasteiger partial charge is 0.250 e. The Kier molecular flexibility index (Phi) is 4.89. The van der Waals surface area contributed by atoms with Gasteiger partial charge in [-0.1, -0.05) is 36.0 Å². The van der Waals surface area contributed by atoms with E-state index in [0.29, 0.717) is 5.56 Å². The molecule has 0 saturated heterocycles. The first-order valence-corrected chi connectivity index (χ1v) is 8.61. The molecule has 0 atom stereocenters. The van der Waals surface area contributed by atoms with Crippen molar-refractivity contribution in [2.45, 2.75) is 4.34 Å². The lowest BCUT2D eigenvalue weighted by Crippen LogP contribution is -2.19.